The lowest BCUT2D eigenvalue weighted by molar-refractivity contribution is 0.573. The third-order valence-corrected chi connectivity index (χ3v) is 4.42. The van der Waals surface area contributed by atoms with Crippen molar-refractivity contribution in [2.75, 3.05) is 18.0 Å². The molecule has 0 bridgehead atoms. The number of fused-ring (bicyclic) bond motifs is 1. The second-order valence-electron chi connectivity index (χ2n) is 6.04. The fourth-order valence-electron chi connectivity index (χ4n) is 3.09. The molecular formula is C18H18FN3O. The Morgan fingerprint density at radius 1 is 1.09 bits per heavy atom. The van der Waals surface area contributed by atoms with Crippen molar-refractivity contribution in [3.05, 3.63) is 42.0 Å². The zero-order valence-electron chi connectivity index (χ0n) is 13.1. The maximum Gasteiger partial charge on any atom is 0.231 e. The van der Waals surface area contributed by atoms with Gasteiger partial charge in [0, 0.05) is 18.7 Å². The maximum atomic E-state index is 13.8. The van der Waals surface area contributed by atoms with Crippen molar-refractivity contribution in [3.63, 3.8) is 0 Å². The van der Waals surface area contributed by atoms with Crippen LogP contribution >= 0.6 is 0 Å². The summed E-state index contributed by atoms with van der Waals surface area (Å²) in [5.74, 6) is 1.31. The zero-order valence-corrected chi connectivity index (χ0v) is 13.1. The molecule has 4 nitrogen and oxygen atoms in total. The first kappa shape index (κ1) is 14.2. The molecule has 1 fully saturated rings. The van der Waals surface area contributed by atoms with Crippen LogP contribution in [0.4, 0.5) is 10.2 Å². The van der Waals surface area contributed by atoms with Crippen molar-refractivity contribution in [1.82, 2.24) is 9.97 Å². The van der Waals surface area contributed by atoms with Crippen LogP contribution in [0.5, 0.6) is 0 Å². The minimum Gasteiger partial charge on any atom is -0.438 e. The van der Waals surface area contributed by atoms with Gasteiger partial charge in [-0.3, -0.25) is 0 Å². The van der Waals surface area contributed by atoms with Gasteiger partial charge in [0.25, 0.3) is 0 Å². The average Bonchev–Trinajstić information content (AvgIpc) is 3.02. The van der Waals surface area contributed by atoms with Gasteiger partial charge in [-0.25, -0.2) is 14.4 Å². The van der Waals surface area contributed by atoms with Crippen LogP contribution in [0.1, 0.15) is 24.8 Å². The molecule has 0 amide bonds. The summed E-state index contributed by atoms with van der Waals surface area (Å²) >= 11 is 0. The lowest BCUT2D eigenvalue weighted by atomic mass is 10.1. The highest BCUT2D eigenvalue weighted by Gasteiger charge is 2.18. The van der Waals surface area contributed by atoms with E-state index in [0.29, 0.717) is 17.0 Å². The van der Waals surface area contributed by atoms with Crippen LogP contribution in [-0.2, 0) is 0 Å². The predicted octanol–water partition coefficient (Wildman–Crippen LogP) is 4.33. The summed E-state index contributed by atoms with van der Waals surface area (Å²) in [5.41, 5.74) is 1.89. The largest absolute Gasteiger partial charge is 0.438 e. The Bertz CT molecular complexity index is 853. The standard InChI is InChI=1S/C18H18FN3O/c1-12-5-6-13(9-15(12)19)16-10-14-17(20-11-21-18(14)23-16)22-7-3-2-4-8-22/h5-6,9-11H,2-4,7-8H2,1H3. The highest BCUT2D eigenvalue weighted by atomic mass is 19.1. The SMILES string of the molecule is Cc1ccc(-c2cc3c(N4CCCCC4)ncnc3o2)cc1F. The van der Waals surface area contributed by atoms with Crippen molar-refractivity contribution in [2.24, 2.45) is 0 Å². The number of benzene rings is 1. The fraction of sp³-hybridized carbons (Fsp3) is 0.333. The molecule has 2 aromatic heterocycles. The Labute approximate surface area is 134 Å². The van der Waals surface area contributed by atoms with Gasteiger partial charge in [0.05, 0.1) is 5.39 Å². The van der Waals surface area contributed by atoms with Crippen LogP contribution in [-0.4, -0.2) is 23.1 Å². The molecule has 118 valence electrons. The average molecular weight is 311 g/mol. The summed E-state index contributed by atoms with van der Waals surface area (Å²) in [6.07, 6.45) is 5.16. The van der Waals surface area contributed by atoms with Gasteiger partial charge in [0.2, 0.25) is 5.71 Å². The first-order valence-electron chi connectivity index (χ1n) is 7.98. The number of halogens is 1. The van der Waals surface area contributed by atoms with E-state index in [0.717, 1.165) is 29.9 Å². The van der Waals surface area contributed by atoms with Crippen molar-refractivity contribution in [1.29, 1.82) is 0 Å². The Morgan fingerprint density at radius 3 is 2.70 bits per heavy atom. The van der Waals surface area contributed by atoms with E-state index in [4.69, 9.17) is 4.42 Å². The number of aryl methyl sites for hydroxylation is 1. The maximum absolute atomic E-state index is 13.8. The second kappa shape index (κ2) is 5.65. The normalized spacial score (nSPS) is 15.3. The Balaban J connectivity index is 1.79. The van der Waals surface area contributed by atoms with Crippen molar-refractivity contribution in [3.8, 4) is 11.3 Å². The molecule has 1 aromatic carbocycles. The highest BCUT2D eigenvalue weighted by molar-refractivity contribution is 5.89. The molecule has 5 heteroatoms. The molecule has 1 aliphatic rings. The van der Waals surface area contributed by atoms with Gasteiger partial charge in [-0.15, -0.1) is 0 Å². The number of anilines is 1. The number of piperidine rings is 1. The third kappa shape index (κ3) is 2.56. The Morgan fingerprint density at radius 2 is 1.91 bits per heavy atom. The molecule has 0 aliphatic carbocycles. The molecule has 23 heavy (non-hydrogen) atoms. The van der Waals surface area contributed by atoms with Crippen LogP contribution in [0.3, 0.4) is 0 Å². The summed E-state index contributed by atoms with van der Waals surface area (Å²) in [6, 6.07) is 7.05. The number of hydrogen-bond donors (Lipinski definition) is 0. The van der Waals surface area contributed by atoms with E-state index in [2.05, 4.69) is 14.9 Å². The summed E-state index contributed by atoms with van der Waals surface area (Å²) in [4.78, 5) is 11.0. The molecule has 0 N–H and O–H groups in total. The summed E-state index contributed by atoms with van der Waals surface area (Å²) < 4.78 is 19.6. The molecule has 1 saturated heterocycles. The van der Waals surface area contributed by atoms with E-state index in [1.807, 2.05) is 12.1 Å². The van der Waals surface area contributed by atoms with Gasteiger partial charge in [-0.05, 0) is 43.9 Å². The van der Waals surface area contributed by atoms with Crippen LogP contribution < -0.4 is 4.90 Å². The summed E-state index contributed by atoms with van der Waals surface area (Å²) in [7, 11) is 0. The van der Waals surface area contributed by atoms with Crippen LogP contribution in [0, 0.1) is 12.7 Å². The quantitative estimate of drug-likeness (QED) is 0.706. The van der Waals surface area contributed by atoms with Gasteiger partial charge >= 0.3 is 0 Å². The van der Waals surface area contributed by atoms with Gasteiger partial charge in [-0.2, -0.15) is 0 Å². The van der Waals surface area contributed by atoms with Crippen molar-refractivity contribution in [2.45, 2.75) is 26.2 Å². The second-order valence-corrected chi connectivity index (χ2v) is 6.04. The van der Waals surface area contributed by atoms with Gasteiger partial charge < -0.3 is 9.32 Å². The lowest BCUT2D eigenvalue weighted by Gasteiger charge is -2.27. The first-order valence-corrected chi connectivity index (χ1v) is 7.98. The smallest absolute Gasteiger partial charge is 0.231 e. The molecule has 0 unspecified atom stereocenters. The van der Waals surface area contributed by atoms with Crippen LogP contribution in [0.15, 0.2) is 35.0 Å². The summed E-state index contributed by atoms with van der Waals surface area (Å²) in [5, 5.41) is 0.894. The predicted molar refractivity (Wildman–Crippen MR) is 88.0 cm³/mol. The Kier molecular flexibility index (Phi) is 3.48. The molecular weight excluding hydrogens is 293 g/mol. The molecule has 3 aromatic rings. The number of nitrogens with zero attached hydrogens (tertiary/aromatic N) is 3. The molecule has 0 atom stereocenters. The van der Waals surface area contributed by atoms with Crippen molar-refractivity contribution >= 4 is 16.9 Å². The van der Waals surface area contributed by atoms with E-state index < -0.39 is 0 Å². The fourth-order valence-corrected chi connectivity index (χ4v) is 3.09. The molecule has 0 spiro atoms. The zero-order chi connectivity index (χ0) is 15.8. The molecule has 1 aliphatic heterocycles. The third-order valence-electron chi connectivity index (χ3n) is 4.42. The molecule has 3 heterocycles. The molecule has 0 saturated carbocycles. The number of furan rings is 1. The topological polar surface area (TPSA) is 42.2 Å². The van der Waals surface area contributed by atoms with Crippen LogP contribution in [0.2, 0.25) is 0 Å². The van der Waals surface area contributed by atoms with E-state index in [-0.39, 0.29) is 5.82 Å². The van der Waals surface area contributed by atoms with E-state index in [1.54, 1.807) is 13.0 Å². The minimum atomic E-state index is -0.231. The van der Waals surface area contributed by atoms with E-state index >= 15 is 0 Å². The molecule has 0 radical (unpaired) electrons. The molecule has 4 rings (SSSR count). The monoisotopic (exact) mass is 311 g/mol. The van der Waals surface area contributed by atoms with E-state index in [1.165, 1.54) is 31.7 Å². The number of aromatic nitrogens is 2. The van der Waals surface area contributed by atoms with E-state index in [9.17, 15) is 4.39 Å². The number of rotatable bonds is 2. The summed E-state index contributed by atoms with van der Waals surface area (Å²) in [6.45, 7) is 3.76. The van der Waals surface area contributed by atoms with Crippen molar-refractivity contribution < 1.29 is 8.81 Å². The first-order chi connectivity index (χ1) is 11.2. The minimum absolute atomic E-state index is 0.231. The van der Waals surface area contributed by atoms with Gasteiger partial charge in [-0.1, -0.05) is 12.1 Å². The Hall–Kier alpha value is -2.43. The van der Waals surface area contributed by atoms with Gasteiger partial charge in [0.15, 0.2) is 0 Å². The van der Waals surface area contributed by atoms with Gasteiger partial charge in [0.1, 0.15) is 23.7 Å². The lowest BCUT2D eigenvalue weighted by Crippen LogP contribution is -2.30. The van der Waals surface area contributed by atoms with Crippen LogP contribution in [0.25, 0.3) is 22.4 Å². The number of hydrogen-bond acceptors (Lipinski definition) is 4. The highest BCUT2D eigenvalue weighted by Crippen LogP contribution is 2.33.